The van der Waals surface area contributed by atoms with Crippen LogP contribution in [-0.4, -0.2) is 23.7 Å². The van der Waals surface area contributed by atoms with E-state index in [1.54, 1.807) is 0 Å². The Kier molecular flexibility index (Phi) is 4.98. The maximum absolute atomic E-state index is 11.7. The molecule has 1 aliphatic rings. The summed E-state index contributed by atoms with van der Waals surface area (Å²) in [4.78, 5) is 22.7. The maximum atomic E-state index is 11.7. The van der Waals surface area contributed by atoms with Crippen molar-refractivity contribution in [1.82, 2.24) is 10.6 Å². The molecule has 0 aromatic heterocycles. The number of hydrogen-bond donors (Lipinski definition) is 3. The normalized spacial score (nSPS) is 21.4. The monoisotopic (exact) mass is 276 g/mol. The van der Waals surface area contributed by atoms with Crippen LogP contribution >= 0.6 is 0 Å². The van der Waals surface area contributed by atoms with Crippen molar-refractivity contribution >= 4 is 12.0 Å². The second kappa shape index (κ2) is 6.93. The molecule has 1 aliphatic carbocycles. The van der Waals surface area contributed by atoms with Crippen LogP contribution in [0.5, 0.6) is 0 Å². The minimum absolute atomic E-state index is 0.0509. The van der Waals surface area contributed by atoms with Crippen molar-refractivity contribution in [2.75, 3.05) is 6.54 Å². The zero-order chi connectivity index (χ0) is 14.4. The standard InChI is InChI=1S/C15H20N2O3/c18-14(19)13-8-4-7-12(13)10-17-15(20)16-9-11-5-2-1-3-6-11/h1-3,5-6,12-13H,4,7-10H2,(H,18,19)(H2,16,17,20). The molecule has 2 unspecified atom stereocenters. The lowest BCUT2D eigenvalue weighted by Crippen LogP contribution is -2.39. The van der Waals surface area contributed by atoms with Crippen molar-refractivity contribution < 1.29 is 14.7 Å². The number of benzene rings is 1. The van der Waals surface area contributed by atoms with Gasteiger partial charge in [0, 0.05) is 13.1 Å². The van der Waals surface area contributed by atoms with Crippen molar-refractivity contribution in [1.29, 1.82) is 0 Å². The Morgan fingerprint density at radius 3 is 2.60 bits per heavy atom. The molecule has 1 saturated carbocycles. The number of nitrogens with one attached hydrogen (secondary N) is 2. The number of carbonyl (C=O) groups excluding carboxylic acids is 1. The van der Waals surface area contributed by atoms with Gasteiger partial charge in [-0.3, -0.25) is 4.79 Å². The maximum Gasteiger partial charge on any atom is 0.315 e. The number of carboxylic acids is 1. The predicted molar refractivity (Wildman–Crippen MR) is 75.1 cm³/mol. The number of rotatable bonds is 5. The molecule has 20 heavy (non-hydrogen) atoms. The van der Waals surface area contributed by atoms with E-state index >= 15 is 0 Å². The van der Waals surface area contributed by atoms with Crippen LogP contribution in [0.4, 0.5) is 4.79 Å². The third kappa shape index (κ3) is 3.98. The van der Waals surface area contributed by atoms with E-state index in [2.05, 4.69) is 10.6 Å². The molecule has 2 amide bonds. The lowest BCUT2D eigenvalue weighted by molar-refractivity contribution is -0.142. The largest absolute Gasteiger partial charge is 0.481 e. The molecule has 5 heteroatoms. The molecule has 1 fully saturated rings. The number of amides is 2. The van der Waals surface area contributed by atoms with Gasteiger partial charge in [-0.05, 0) is 24.3 Å². The van der Waals surface area contributed by atoms with Crippen LogP contribution in [0.3, 0.4) is 0 Å². The van der Waals surface area contributed by atoms with Crippen LogP contribution in [-0.2, 0) is 11.3 Å². The molecule has 1 aromatic carbocycles. The summed E-state index contributed by atoms with van der Waals surface area (Å²) >= 11 is 0. The Labute approximate surface area is 118 Å². The summed E-state index contributed by atoms with van der Waals surface area (Å²) in [6.07, 6.45) is 2.51. The molecule has 0 saturated heterocycles. The fraction of sp³-hybridized carbons (Fsp3) is 0.467. The molecule has 0 heterocycles. The molecule has 5 nitrogen and oxygen atoms in total. The third-order valence-corrected chi connectivity index (χ3v) is 3.80. The second-order valence-corrected chi connectivity index (χ2v) is 5.18. The van der Waals surface area contributed by atoms with Gasteiger partial charge in [0.05, 0.1) is 5.92 Å². The first-order valence-electron chi connectivity index (χ1n) is 6.95. The number of aliphatic carboxylic acids is 1. The average Bonchev–Trinajstić information content (AvgIpc) is 2.92. The highest BCUT2D eigenvalue weighted by Gasteiger charge is 2.32. The number of hydrogen-bond acceptors (Lipinski definition) is 2. The molecule has 0 spiro atoms. The summed E-state index contributed by atoms with van der Waals surface area (Å²) in [5.41, 5.74) is 1.03. The van der Waals surface area contributed by atoms with Gasteiger partial charge in [-0.1, -0.05) is 36.8 Å². The zero-order valence-corrected chi connectivity index (χ0v) is 11.3. The minimum Gasteiger partial charge on any atom is -0.481 e. The quantitative estimate of drug-likeness (QED) is 0.769. The highest BCUT2D eigenvalue weighted by molar-refractivity contribution is 5.74. The van der Waals surface area contributed by atoms with E-state index in [9.17, 15) is 9.59 Å². The minimum atomic E-state index is -0.751. The van der Waals surface area contributed by atoms with Crippen molar-refractivity contribution in [3.05, 3.63) is 35.9 Å². The lowest BCUT2D eigenvalue weighted by Gasteiger charge is -2.16. The van der Waals surface area contributed by atoms with Gasteiger partial charge in [0.15, 0.2) is 0 Å². The van der Waals surface area contributed by atoms with Gasteiger partial charge in [-0.15, -0.1) is 0 Å². The Morgan fingerprint density at radius 2 is 1.90 bits per heavy atom. The highest BCUT2D eigenvalue weighted by atomic mass is 16.4. The Morgan fingerprint density at radius 1 is 1.15 bits per heavy atom. The van der Waals surface area contributed by atoms with Gasteiger partial charge in [0.25, 0.3) is 0 Å². The average molecular weight is 276 g/mol. The summed E-state index contributed by atoms with van der Waals surface area (Å²) in [5, 5.41) is 14.6. The highest BCUT2D eigenvalue weighted by Crippen LogP contribution is 2.31. The van der Waals surface area contributed by atoms with Crippen LogP contribution in [0.2, 0.25) is 0 Å². The van der Waals surface area contributed by atoms with Crippen molar-refractivity contribution in [2.45, 2.75) is 25.8 Å². The van der Waals surface area contributed by atoms with Crippen LogP contribution in [0.15, 0.2) is 30.3 Å². The van der Waals surface area contributed by atoms with E-state index in [0.717, 1.165) is 18.4 Å². The van der Waals surface area contributed by atoms with E-state index in [1.807, 2.05) is 30.3 Å². The molecule has 0 bridgehead atoms. The molecule has 108 valence electrons. The Bertz CT molecular complexity index is 461. The molecular formula is C15H20N2O3. The molecule has 2 atom stereocenters. The summed E-state index contributed by atoms with van der Waals surface area (Å²) in [5.74, 6) is -1.02. The number of carboxylic acid groups (broad SMARTS) is 1. The van der Waals surface area contributed by atoms with Crippen molar-refractivity contribution in [3.63, 3.8) is 0 Å². The van der Waals surface area contributed by atoms with E-state index < -0.39 is 5.97 Å². The van der Waals surface area contributed by atoms with Gasteiger partial charge in [0.2, 0.25) is 0 Å². The summed E-state index contributed by atoms with van der Waals surface area (Å²) < 4.78 is 0. The van der Waals surface area contributed by atoms with Crippen LogP contribution in [0, 0.1) is 11.8 Å². The van der Waals surface area contributed by atoms with Gasteiger partial charge >= 0.3 is 12.0 Å². The first-order valence-corrected chi connectivity index (χ1v) is 6.95. The molecule has 0 radical (unpaired) electrons. The molecule has 0 aliphatic heterocycles. The fourth-order valence-corrected chi connectivity index (χ4v) is 2.67. The van der Waals surface area contributed by atoms with Gasteiger partial charge < -0.3 is 15.7 Å². The van der Waals surface area contributed by atoms with E-state index in [1.165, 1.54) is 0 Å². The molecule has 3 N–H and O–H groups in total. The second-order valence-electron chi connectivity index (χ2n) is 5.18. The van der Waals surface area contributed by atoms with Gasteiger partial charge in [-0.2, -0.15) is 0 Å². The van der Waals surface area contributed by atoms with E-state index in [-0.39, 0.29) is 17.9 Å². The van der Waals surface area contributed by atoms with Crippen molar-refractivity contribution in [3.8, 4) is 0 Å². The van der Waals surface area contributed by atoms with Crippen LogP contribution in [0.25, 0.3) is 0 Å². The van der Waals surface area contributed by atoms with Crippen molar-refractivity contribution in [2.24, 2.45) is 11.8 Å². The Hall–Kier alpha value is -2.04. The first kappa shape index (κ1) is 14.4. The summed E-state index contributed by atoms with van der Waals surface area (Å²) in [6.45, 7) is 0.900. The number of carbonyl (C=O) groups is 2. The summed E-state index contributed by atoms with van der Waals surface area (Å²) in [6, 6.07) is 9.41. The van der Waals surface area contributed by atoms with Crippen LogP contribution in [0.1, 0.15) is 24.8 Å². The lowest BCUT2D eigenvalue weighted by atomic mass is 9.96. The predicted octanol–water partition coefficient (Wildman–Crippen LogP) is 1.99. The fourth-order valence-electron chi connectivity index (χ4n) is 2.67. The Balaban J connectivity index is 1.71. The van der Waals surface area contributed by atoms with Gasteiger partial charge in [-0.25, -0.2) is 4.79 Å². The third-order valence-electron chi connectivity index (χ3n) is 3.80. The molecular weight excluding hydrogens is 256 g/mol. The van der Waals surface area contributed by atoms with E-state index in [4.69, 9.17) is 5.11 Å². The molecule has 2 rings (SSSR count). The SMILES string of the molecule is O=C(NCc1ccccc1)NCC1CCCC1C(=O)O. The molecule has 1 aromatic rings. The topological polar surface area (TPSA) is 78.4 Å². The zero-order valence-electron chi connectivity index (χ0n) is 11.3. The number of urea groups is 1. The van der Waals surface area contributed by atoms with Crippen LogP contribution < -0.4 is 10.6 Å². The summed E-state index contributed by atoms with van der Waals surface area (Å²) in [7, 11) is 0. The first-order chi connectivity index (χ1) is 9.66. The smallest absolute Gasteiger partial charge is 0.315 e. The van der Waals surface area contributed by atoms with Gasteiger partial charge in [0.1, 0.15) is 0 Å². The van der Waals surface area contributed by atoms with E-state index in [0.29, 0.717) is 19.5 Å².